The maximum Gasteiger partial charge on any atom is 0.258 e. The van der Waals surface area contributed by atoms with Crippen LogP contribution in [0.5, 0.6) is 5.75 Å². The van der Waals surface area contributed by atoms with Crippen LogP contribution in [0.2, 0.25) is 0 Å². The fourth-order valence-electron chi connectivity index (χ4n) is 3.59. The van der Waals surface area contributed by atoms with Crippen molar-refractivity contribution in [3.63, 3.8) is 0 Å². The summed E-state index contributed by atoms with van der Waals surface area (Å²) in [7, 11) is 0. The molecule has 1 atom stereocenters. The summed E-state index contributed by atoms with van der Waals surface area (Å²) in [6, 6.07) is 12.8. The number of nitrogens with zero attached hydrogens (tertiary/aromatic N) is 1. The van der Waals surface area contributed by atoms with E-state index in [4.69, 9.17) is 4.74 Å². The van der Waals surface area contributed by atoms with Crippen LogP contribution in [-0.2, 0) is 6.61 Å². The summed E-state index contributed by atoms with van der Waals surface area (Å²) in [6.45, 7) is 7.10. The van der Waals surface area contributed by atoms with Gasteiger partial charge in [0.25, 0.3) is 6.43 Å². The zero-order valence-electron chi connectivity index (χ0n) is 16.2. The molecule has 1 aliphatic rings. The number of hydrogen-bond acceptors (Lipinski definition) is 3. The minimum atomic E-state index is -2.41. The van der Waals surface area contributed by atoms with E-state index in [1.807, 2.05) is 61.2 Å². The third-order valence-corrected chi connectivity index (χ3v) is 4.83. The summed E-state index contributed by atoms with van der Waals surface area (Å²) in [4.78, 5) is 1.87. The molecule has 2 aromatic rings. The lowest BCUT2D eigenvalue weighted by molar-refractivity contribution is 0.0181. The van der Waals surface area contributed by atoms with Crippen LogP contribution in [0.15, 0.2) is 42.5 Å². The molecule has 0 unspecified atom stereocenters. The number of rotatable bonds is 6. The molecule has 0 radical (unpaired) electrons. The van der Waals surface area contributed by atoms with Gasteiger partial charge < -0.3 is 10.1 Å². The number of hydrogen-bond donors (Lipinski definition) is 1. The molecule has 3 rings (SSSR count). The molecule has 0 spiro atoms. The number of alkyl halides is 2. The molecule has 7 heteroatoms. The summed E-state index contributed by atoms with van der Waals surface area (Å²) in [5, 5.41) is 3.22. The SMILES string of the molecule is Cc1cc([C@H](C(F)F)N2CCNCC2)cc(C)c1OCc1ccccc1.Cl.Cl. The second-order valence-electron chi connectivity index (χ2n) is 6.82. The molecule has 0 aromatic heterocycles. The van der Waals surface area contributed by atoms with Crippen LogP contribution < -0.4 is 10.1 Å². The van der Waals surface area contributed by atoms with Gasteiger partial charge >= 0.3 is 0 Å². The van der Waals surface area contributed by atoms with Gasteiger partial charge in [-0.3, -0.25) is 4.90 Å². The zero-order valence-corrected chi connectivity index (χ0v) is 17.8. The Hall–Kier alpha value is -1.40. The van der Waals surface area contributed by atoms with Gasteiger partial charge in [-0.15, -0.1) is 24.8 Å². The summed E-state index contributed by atoms with van der Waals surface area (Å²) in [5.74, 6) is 0.783. The Morgan fingerprint density at radius 2 is 1.57 bits per heavy atom. The first-order valence-corrected chi connectivity index (χ1v) is 9.07. The molecule has 3 nitrogen and oxygen atoms in total. The molecule has 1 aliphatic heterocycles. The molecule has 1 N–H and O–H groups in total. The van der Waals surface area contributed by atoms with E-state index < -0.39 is 12.5 Å². The Bertz CT molecular complexity index is 703. The van der Waals surface area contributed by atoms with E-state index in [2.05, 4.69) is 5.32 Å². The number of ether oxygens (including phenoxy) is 1. The fraction of sp³-hybridized carbons (Fsp3) is 0.429. The molecule has 1 heterocycles. The van der Waals surface area contributed by atoms with E-state index in [9.17, 15) is 8.78 Å². The highest BCUT2D eigenvalue weighted by molar-refractivity contribution is 5.85. The van der Waals surface area contributed by atoms with E-state index >= 15 is 0 Å². The monoisotopic (exact) mass is 432 g/mol. The predicted molar refractivity (Wildman–Crippen MR) is 114 cm³/mol. The van der Waals surface area contributed by atoms with E-state index in [0.717, 1.165) is 35.5 Å². The van der Waals surface area contributed by atoms with Crippen molar-refractivity contribution in [2.45, 2.75) is 32.9 Å². The number of benzene rings is 2. The predicted octanol–water partition coefficient (Wildman–Crippen LogP) is 4.94. The lowest BCUT2D eigenvalue weighted by atomic mass is 9.98. The summed E-state index contributed by atoms with van der Waals surface area (Å²) >= 11 is 0. The van der Waals surface area contributed by atoms with Crippen molar-refractivity contribution in [3.05, 3.63) is 64.7 Å². The number of aryl methyl sites for hydroxylation is 2. The van der Waals surface area contributed by atoms with Crippen molar-refractivity contribution in [2.75, 3.05) is 26.2 Å². The van der Waals surface area contributed by atoms with Crippen molar-refractivity contribution >= 4 is 24.8 Å². The molecule has 2 aromatic carbocycles. The van der Waals surface area contributed by atoms with Crippen LogP contribution in [0, 0.1) is 13.8 Å². The maximum absolute atomic E-state index is 13.8. The third-order valence-electron chi connectivity index (χ3n) is 4.83. The molecule has 0 amide bonds. The highest BCUT2D eigenvalue weighted by Gasteiger charge is 2.30. The number of piperazine rings is 1. The smallest absolute Gasteiger partial charge is 0.258 e. The number of halogens is 4. The van der Waals surface area contributed by atoms with Crippen molar-refractivity contribution in [2.24, 2.45) is 0 Å². The van der Waals surface area contributed by atoms with Crippen LogP contribution in [-0.4, -0.2) is 37.5 Å². The first-order chi connectivity index (χ1) is 12.6. The van der Waals surface area contributed by atoms with Gasteiger partial charge in [-0.05, 0) is 36.1 Å². The van der Waals surface area contributed by atoms with Crippen molar-refractivity contribution in [1.29, 1.82) is 0 Å². The average Bonchev–Trinajstić information content (AvgIpc) is 2.63. The number of nitrogens with one attached hydrogen (secondary N) is 1. The van der Waals surface area contributed by atoms with Gasteiger partial charge in [0.05, 0.1) is 6.04 Å². The molecule has 0 bridgehead atoms. The second-order valence-corrected chi connectivity index (χ2v) is 6.82. The van der Waals surface area contributed by atoms with Gasteiger partial charge in [0.15, 0.2) is 0 Å². The van der Waals surface area contributed by atoms with Gasteiger partial charge in [0, 0.05) is 26.2 Å². The van der Waals surface area contributed by atoms with Crippen LogP contribution >= 0.6 is 24.8 Å². The highest BCUT2D eigenvalue weighted by Crippen LogP contribution is 2.33. The standard InChI is InChI=1S/C21H26F2N2O.2ClH/c1-15-12-18(19(21(22)23)25-10-8-24-9-11-25)13-16(2)20(15)26-14-17-6-4-3-5-7-17;;/h3-7,12-13,19,21,24H,8-11,14H2,1-2H3;2*1H/t19-;;/m1../s1. The second kappa shape index (κ2) is 11.6. The maximum atomic E-state index is 13.8. The van der Waals surface area contributed by atoms with Gasteiger partial charge in [0.1, 0.15) is 12.4 Å². The molecule has 1 saturated heterocycles. The Morgan fingerprint density at radius 3 is 2.11 bits per heavy atom. The molecule has 1 fully saturated rings. The van der Waals surface area contributed by atoms with Gasteiger partial charge in [-0.1, -0.05) is 42.5 Å². The van der Waals surface area contributed by atoms with Crippen LogP contribution in [0.4, 0.5) is 8.78 Å². The van der Waals surface area contributed by atoms with Crippen LogP contribution in [0.1, 0.15) is 28.3 Å². The van der Waals surface area contributed by atoms with Gasteiger partial charge in [0.2, 0.25) is 0 Å². The summed E-state index contributed by atoms with van der Waals surface area (Å²) in [6.07, 6.45) is -2.41. The summed E-state index contributed by atoms with van der Waals surface area (Å²) in [5.41, 5.74) is 3.55. The lowest BCUT2D eigenvalue weighted by Crippen LogP contribution is -2.46. The Labute approximate surface area is 178 Å². The molecular formula is C21H28Cl2F2N2O. The normalized spacial score (nSPS) is 15.5. The lowest BCUT2D eigenvalue weighted by Gasteiger charge is -2.35. The fourth-order valence-corrected chi connectivity index (χ4v) is 3.59. The first-order valence-electron chi connectivity index (χ1n) is 9.07. The third kappa shape index (κ3) is 6.05. The molecule has 156 valence electrons. The van der Waals surface area contributed by atoms with Crippen molar-refractivity contribution in [3.8, 4) is 5.75 Å². The summed E-state index contributed by atoms with van der Waals surface area (Å²) < 4.78 is 33.6. The van der Waals surface area contributed by atoms with E-state index in [1.165, 1.54) is 0 Å². The van der Waals surface area contributed by atoms with E-state index in [0.29, 0.717) is 25.3 Å². The van der Waals surface area contributed by atoms with Crippen LogP contribution in [0.3, 0.4) is 0 Å². The molecule has 0 saturated carbocycles. The molecular weight excluding hydrogens is 405 g/mol. The first kappa shape index (κ1) is 24.6. The average molecular weight is 433 g/mol. The quantitative estimate of drug-likeness (QED) is 0.699. The largest absolute Gasteiger partial charge is 0.488 e. The Kier molecular flexibility index (Phi) is 10.2. The molecule has 28 heavy (non-hydrogen) atoms. The molecule has 0 aliphatic carbocycles. The van der Waals surface area contributed by atoms with Crippen LogP contribution in [0.25, 0.3) is 0 Å². The minimum absolute atomic E-state index is 0. The van der Waals surface area contributed by atoms with Gasteiger partial charge in [-0.2, -0.15) is 0 Å². The van der Waals surface area contributed by atoms with Crippen molar-refractivity contribution in [1.82, 2.24) is 10.2 Å². The zero-order chi connectivity index (χ0) is 18.5. The van der Waals surface area contributed by atoms with E-state index in [1.54, 1.807) is 0 Å². The van der Waals surface area contributed by atoms with Gasteiger partial charge in [-0.25, -0.2) is 8.78 Å². The topological polar surface area (TPSA) is 24.5 Å². The Morgan fingerprint density at radius 1 is 1.00 bits per heavy atom. The van der Waals surface area contributed by atoms with Crippen molar-refractivity contribution < 1.29 is 13.5 Å². The minimum Gasteiger partial charge on any atom is -0.488 e. The van der Waals surface area contributed by atoms with E-state index in [-0.39, 0.29) is 24.8 Å². The Balaban J connectivity index is 0.00000196. The highest BCUT2D eigenvalue weighted by atomic mass is 35.5.